The first kappa shape index (κ1) is 19.1. The maximum atomic E-state index is 12.5. The van der Waals surface area contributed by atoms with E-state index in [0.717, 1.165) is 11.3 Å². The van der Waals surface area contributed by atoms with Crippen molar-refractivity contribution in [3.63, 3.8) is 0 Å². The van der Waals surface area contributed by atoms with E-state index < -0.39 is 5.37 Å². The second kappa shape index (κ2) is 8.25. The van der Waals surface area contributed by atoms with Gasteiger partial charge in [0.25, 0.3) is 11.8 Å². The Labute approximate surface area is 153 Å². The summed E-state index contributed by atoms with van der Waals surface area (Å²) in [6.45, 7) is 4.58. The van der Waals surface area contributed by atoms with Gasteiger partial charge in [-0.3, -0.25) is 9.59 Å². The van der Waals surface area contributed by atoms with Crippen LogP contribution in [-0.2, 0) is 9.59 Å². The van der Waals surface area contributed by atoms with E-state index in [2.05, 4.69) is 0 Å². The number of carbonyl (C=O) groups is 2. The second-order valence-electron chi connectivity index (χ2n) is 6.09. The fourth-order valence-corrected chi connectivity index (χ4v) is 3.19. The molecule has 2 rings (SSSR count). The molecule has 25 heavy (non-hydrogen) atoms. The normalized spacial score (nSPS) is 19.4. The van der Waals surface area contributed by atoms with Gasteiger partial charge in [-0.15, -0.1) is 11.8 Å². The average molecular weight is 360 g/mol. The highest BCUT2D eigenvalue weighted by molar-refractivity contribution is 7.99. The number of nitrogens with zero attached hydrogens (tertiary/aromatic N) is 2. The lowest BCUT2D eigenvalue weighted by Crippen LogP contribution is -2.54. The van der Waals surface area contributed by atoms with Gasteiger partial charge >= 0.3 is 0 Å². The molecule has 1 aromatic rings. The van der Waals surface area contributed by atoms with Gasteiger partial charge in [-0.1, -0.05) is 17.7 Å². The third-order valence-electron chi connectivity index (χ3n) is 3.94. The molecule has 1 saturated heterocycles. The van der Waals surface area contributed by atoms with Crippen LogP contribution in [0, 0.1) is 0 Å². The Balaban J connectivity index is 2.17. The van der Waals surface area contributed by atoms with Gasteiger partial charge in [0.2, 0.25) is 0 Å². The minimum absolute atomic E-state index is 0.0949. The Morgan fingerprint density at radius 2 is 1.84 bits per heavy atom. The summed E-state index contributed by atoms with van der Waals surface area (Å²) in [5.41, 5.74) is 2.42. The number of benzene rings is 1. The van der Waals surface area contributed by atoms with Crippen molar-refractivity contribution in [3.8, 4) is 5.75 Å². The Kier molecular flexibility index (Phi) is 6.31. The number of amides is 2. The highest BCUT2D eigenvalue weighted by atomic mass is 32.2. The number of allylic oxidation sites excluding steroid dienone is 1. The molecule has 1 atom stereocenters. The van der Waals surface area contributed by atoms with Crippen molar-refractivity contribution >= 4 is 29.7 Å². The summed E-state index contributed by atoms with van der Waals surface area (Å²) in [6, 6.07) is 7.46. The van der Waals surface area contributed by atoms with E-state index in [0.29, 0.717) is 12.3 Å². The van der Waals surface area contributed by atoms with Crippen LogP contribution in [0.4, 0.5) is 0 Å². The standard InChI is InChI=1S/C19H24N2O3S/c1-13(2)10-11-24-15-8-6-14(7-9-15)12-16-17(22)21(4)19(25-5)18(23)20(16)3/h6-10,12,19H,11H2,1-5H3/b16-12-/t19-/m1/s1. The van der Waals surface area contributed by atoms with Gasteiger partial charge in [-0.2, -0.15) is 0 Å². The fourth-order valence-electron chi connectivity index (χ4n) is 2.42. The summed E-state index contributed by atoms with van der Waals surface area (Å²) in [5, 5.41) is -0.472. The van der Waals surface area contributed by atoms with E-state index in [4.69, 9.17) is 4.74 Å². The predicted octanol–water partition coefficient (Wildman–Crippen LogP) is 2.99. The van der Waals surface area contributed by atoms with Crippen LogP contribution in [0.15, 0.2) is 41.6 Å². The summed E-state index contributed by atoms with van der Waals surface area (Å²) < 4.78 is 5.63. The van der Waals surface area contributed by atoms with Crippen molar-refractivity contribution in [1.29, 1.82) is 0 Å². The Morgan fingerprint density at radius 1 is 1.20 bits per heavy atom. The van der Waals surface area contributed by atoms with Crippen LogP contribution in [0.3, 0.4) is 0 Å². The van der Waals surface area contributed by atoms with Crippen LogP contribution in [0.1, 0.15) is 19.4 Å². The van der Waals surface area contributed by atoms with Gasteiger partial charge in [-0.25, -0.2) is 0 Å². The largest absolute Gasteiger partial charge is 0.490 e. The predicted molar refractivity (Wildman–Crippen MR) is 102 cm³/mol. The lowest BCUT2D eigenvalue weighted by Gasteiger charge is -2.37. The Hall–Kier alpha value is -2.21. The molecule has 0 spiro atoms. The average Bonchev–Trinajstić information content (AvgIpc) is 2.58. The fraction of sp³-hybridized carbons (Fsp3) is 0.368. The molecule has 1 aromatic carbocycles. The van der Waals surface area contributed by atoms with Crippen LogP contribution >= 0.6 is 11.8 Å². The van der Waals surface area contributed by atoms with E-state index in [1.54, 1.807) is 20.2 Å². The van der Waals surface area contributed by atoms with Gasteiger partial charge in [0, 0.05) is 14.1 Å². The number of hydrogen-bond acceptors (Lipinski definition) is 4. The molecule has 0 saturated carbocycles. The van der Waals surface area contributed by atoms with Crippen molar-refractivity contribution in [2.45, 2.75) is 19.2 Å². The molecule has 134 valence electrons. The summed E-state index contributed by atoms with van der Waals surface area (Å²) in [6.07, 6.45) is 5.56. The molecular formula is C19H24N2O3S. The summed E-state index contributed by atoms with van der Waals surface area (Å²) >= 11 is 1.35. The van der Waals surface area contributed by atoms with E-state index in [9.17, 15) is 9.59 Å². The molecule has 0 unspecified atom stereocenters. The smallest absolute Gasteiger partial charge is 0.271 e. The van der Waals surface area contributed by atoms with Gasteiger partial charge in [0.1, 0.15) is 18.1 Å². The van der Waals surface area contributed by atoms with Crippen LogP contribution in [0.5, 0.6) is 5.75 Å². The number of piperazine rings is 1. The van der Waals surface area contributed by atoms with Crippen molar-refractivity contribution in [2.75, 3.05) is 27.0 Å². The molecule has 2 amide bonds. The molecule has 1 aliphatic heterocycles. The number of carbonyl (C=O) groups excluding carboxylic acids is 2. The Morgan fingerprint density at radius 3 is 2.40 bits per heavy atom. The number of hydrogen-bond donors (Lipinski definition) is 0. The summed E-state index contributed by atoms with van der Waals surface area (Å²) in [4.78, 5) is 27.8. The van der Waals surface area contributed by atoms with Crippen molar-refractivity contribution in [2.24, 2.45) is 0 Å². The lowest BCUT2D eigenvalue weighted by molar-refractivity contribution is -0.144. The van der Waals surface area contributed by atoms with E-state index >= 15 is 0 Å². The van der Waals surface area contributed by atoms with Crippen molar-refractivity contribution in [3.05, 3.63) is 47.2 Å². The molecule has 5 nitrogen and oxygen atoms in total. The number of likely N-dealkylation sites (N-methyl/N-ethyl adjacent to an activating group) is 2. The van der Waals surface area contributed by atoms with Gasteiger partial charge < -0.3 is 14.5 Å². The molecule has 1 fully saturated rings. The third-order valence-corrected chi connectivity index (χ3v) is 4.91. The second-order valence-corrected chi connectivity index (χ2v) is 7.01. The van der Waals surface area contributed by atoms with Crippen molar-refractivity contribution < 1.29 is 14.3 Å². The highest BCUT2D eigenvalue weighted by Gasteiger charge is 2.38. The molecule has 0 N–H and O–H groups in total. The van der Waals surface area contributed by atoms with Gasteiger partial charge in [0.05, 0.1) is 0 Å². The quantitative estimate of drug-likeness (QED) is 0.598. The summed E-state index contributed by atoms with van der Waals surface area (Å²) in [7, 11) is 3.29. The first-order valence-corrected chi connectivity index (χ1v) is 9.29. The maximum Gasteiger partial charge on any atom is 0.271 e. The monoisotopic (exact) mass is 360 g/mol. The number of rotatable bonds is 5. The number of ether oxygens (including phenoxy) is 1. The number of thioether (sulfide) groups is 1. The van der Waals surface area contributed by atoms with Crippen LogP contribution in [-0.4, -0.2) is 53.9 Å². The van der Waals surface area contributed by atoms with E-state index in [1.807, 2.05) is 50.4 Å². The zero-order chi connectivity index (χ0) is 18.6. The topological polar surface area (TPSA) is 49.9 Å². The summed E-state index contributed by atoms with van der Waals surface area (Å²) in [5.74, 6) is 0.506. The van der Waals surface area contributed by atoms with Gasteiger partial charge in [0.15, 0.2) is 5.37 Å². The minimum atomic E-state index is -0.472. The molecular weight excluding hydrogens is 336 g/mol. The SMILES string of the molecule is CS[C@@H]1C(=O)N(C)/C(=C\c2ccc(OCC=C(C)C)cc2)C(=O)N1C. The molecule has 0 bridgehead atoms. The molecule has 6 heteroatoms. The Bertz CT molecular complexity index is 706. The first-order chi connectivity index (χ1) is 11.8. The van der Waals surface area contributed by atoms with Crippen molar-refractivity contribution in [1.82, 2.24) is 9.80 Å². The van der Waals surface area contributed by atoms with Gasteiger partial charge in [-0.05, 0) is 50.0 Å². The molecule has 1 aliphatic rings. The van der Waals surface area contributed by atoms with Crippen LogP contribution in [0.2, 0.25) is 0 Å². The molecule has 0 aliphatic carbocycles. The first-order valence-electron chi connectivity index (χ1n) is 8.00. The highest BCUT2D eigenvalue weighted by Crippen LogP contribution is 2.26. The molecule has 0 radical (unpaired) electrons. The maximum absolute atomic E-state index is 12.5. The van der Waals surface area contributed by atoms with Crippen LogP contribution in [0.25, 0.3) is 6.08 Å². The van der Waals surface area contributed by atoms with E-state index in [1.165, 1.54) is 27.1 Å². The third kappa shape index (κ3) is 4.45. The molecule has 1 heterocycles. The lowest BCUT2D eigenvalue weighted by atomic mass is 10.1. The minimum Gasteiger partial charge on any atom is -0.490 e. The molecule has 0 aromatic heterocycles. The van der Waals surface area contributed by atoms with Crippen LogP contribution < -0.4 is 4.74 Å². The zero-order valence-corrected chi connectivity index (χ0v) is 16.1. The van der Waals surface area contributed by atoms with E-state index in [-0.39, 0.29) is 11.8 Å². The zero-order valence-electron chi connectivity index (χ0n) is 15.3.